The number of carbonyl (C=O) groups is 1. The largest absolute Gasteiger partial charge is 1.00 e. The van der Waals surface area contributed by atoms with E-state index in [1.165, 1.54) is 12.8 Å². The van der Waals surface area contributed by atoms with Crippen molar-refractivity contribution in [3.8, 4) is 0 Å². The molecule has 0 aliphatic heterocycles. The van der Waals surface area contributed by atoms with E-state index >= 15 is 0 Å². The number of hydrogen-bond donors (Lipinski definition) is 2. The molecule has 4 heteroatoms. The van der Waals surface area contributed by atoms with Crippen molar-refractivity contribution in [2.45, 2.75) is 38.3 Å². The van der Waals surface area contributed by atoms with Gasteiger partial charge in [0, 0.05) is 5.92 Å². The predicted octanol–water partition coefficient (Wildman–Crippen LogP) is -1.46. The van der Waals surface area contributed by atoms with Gasteiger partial charge in [-0.3, -0.25) is 4.79 Å². The second-order valence-electron chi connectivity index (χ2n) is 7.62. The van der Waals surface area contributed by atoms with Gasteiger partial charge in [0.2, 0.25) is 0 Å². The molecule has 5 atom stereocenters. The fourth-order valence-corrected chi connectivity index (χ4v) is 5.29. The van der Waals surface area contributed by atoms with Crippen LogP contribution in [0.1, 0.15) is 37.9 Å². The number of rotatable bonds is 7. The lowest BCUT2D eigenvalue weighted by Crippen LogP contribution is -3.00. The number of nitrogens with two attached hydrogens (primary N) is 1. The van der Waals surface area contributed by atoms with Gasteiger partial charge >= 0.3 is 0 Å². The Morgan fingerprint density at radius 3 is 2.48 bits per heavy atom. The van der Waals surface area contributed by atoms with E-state index in [0.717, 1.165) is 35.8 Å². The highest BCUT2D eigenvalue weighted by atomic mass is 35.5. The summed E-state index contributed by atoms with van der Waals surface area (Å²) in [6.45, 7) is 2.83. The molecule has 0 saturated heterocycles. The second-order valence-corrected chi connectivity index (χ2v) is 7.62. The van der Waals surface area contributed by atoms with Crippen molar-refractivity contribution < 1.29 is 27.6 Å². The molecule has 0 heterocycles. The van der Waals surface area contributed by atoms with E-state index in [0.29, 0.717) is 18.1 Å². The third-order valence-corrected chi connectivity index (χ3v) is 6.41. The fourth-order valence-electron chi connectivity index (χ4n) is 5.29. The lowest BCUT2D eigenvalue weighted by molar-refractivity contribution is -0.693. The van der Waals surface area contributed by atoms with E-state index in [1.54, 1.807) is 0 Å². The summed E-state index contributed by atoms with van der Waals surface area (Å²) in [7, 11) is 0. The number of quaternary nitrogens is 1. The van der Waals surface area contributed by atoms with E-state index in [-0.39, 0.29) is 18.4 Å². The zero-order valence-corrected chi connectivity index (χ0v) is 14.3. The third kappa shape index (κ3) is 2.95. The maximum Gasteiger partial charge on any atom is 0.142 e. The molecular weight excluding hydrogens is 310 g/mol. The summed E-state index contributed by atoms with van der Waals surface area (Å²) in [5.74, 6) is 4.22. The van der Waals surface area contributed by atoms with Crippen molar-refractivity contribution in [1.29, 1.82) is 0 Å². The van der Waals surface area contributed by atoms with Crippen LogP contribution in [-0.4, -0.2) is 23.5 Å². The van der Waals surface area contributed by atoms with Crippen molar-refractivity contribution in [3.63, 3.8) is 0 Å². The number of halogens is 1. The summed E-state index contributed by atoms with van der Waals surface area (Å²) in [6, 6.07) is 9.86. The van der Waals surface area contributed by atoms with E-state index in [4.69, 9.17) is 0 Å². The van der Waals surface area contributed by atoms with Crippen LogP contribution in [0.5, 0.6) is 0 Å². The standard InChI is InChI=1S/C19H25NO2.ClH/c1-11(19(22)12-5-3-2-4-6-12)20-8-7-16(21)17-13-9-14-15(10-13)18(14)17;/h2-6,11,13-15,17-20,22H,7-10H2,1H3;1H. The van der Waals surface area contributed by atoms with Crippen LogP contribution in [0.2, 0.25) is 0 Å². The molecule has 4 bridgehead atoms. The van der Waals surface area contributed by atoms with E-state index in [2.05, 4.69) is 5.32 Å². The zero-order chi connectivity index (χ0) is 15.3. The van der Waals surface area contributed by atoms with Gasteiger partial charge in [-0.05, 0) is 49.0 Å². The molecule has 0 radical (unpaired) electrons. The molecule has 1 aromatic rings. The van der Waals surface area contributed by atoms with Gasteiger partial charge in [-0.1, -0.05) is 30.3 Å². The summed E-state index contributed by atoms with van der Waals surface area (Å²) < 4.78 is 0. The maximum absolute atomic E-state index is 12.5. The molecule has 5 unspecified atom stereocenters. The minimum absolute atomic E-state index is 0. The summed E-state index contributed by atoms with van der Waals surface area (Å²) in [4.78, 5) is 12.5. The molecule has 0 aromatic heterocycles. The van der Waals surface area contributed by atoms with Crippen LogP contribution in [0.3, 0.4) is 0 Å². The molecule has 4 aliphatic carbocycles. The van der Waals surface area contributed by atoms with Crippen molar-refractivity contribution in [2.75, 3.05) is 6.54 Å². The molecule has 4 aliphatic rings. The van der Waals surface area contributed by atoms with Crippen LogP contribution in [0.4, 0.5) is 0 Å². The predicted molar refractivity (Wildman–Crippen MR) is 84.0 cm³/mol. The van der Waals surface area contributed by atoms with Crippen LogP contribution < -0.4 is 17.7 Å². The van der Waals surface area contributed by atoms with Crippen molar-refractivity contribution >= 4 is 5.78 Å². The normalized spacial score (nSPS) is 35.5. The lowest BCUT2D eigenvalue weighted by Gasteiger charge is -2.18. The molecule has 3 N–H and O–H groups in total. The van der Waals surface area contributed by atoms with E-state index in [9.17, 15) is 9.90 Å². The monoisotopic (exact) mass is 335 g/mol. The van der Waals surface area contributed by atoms with Crippen LogP contribution in [0.25, 0.3) is 0 Å². The molecule has 0 spiro atoms. The van der Waals surface area contributed by atoms with Gasteiger partial charge in [0.25, 0.3) is 0 Å². The Morgan fingerprint density at radius 2 is 1.91 bits per heavy atom. The molecule has 5 rings (SSSR count). The summed E-state index contributed by atoms with van der Waals surface area (Å²) in [5, 5.41) is 12.5. The van der Waals surface area contributed by atoms with Crippen LogP contribution in [0, 0.1) is 29.6 Å². The van der Waals surface area contributed by atoms with Gasteiger partial charge in [0.05, 0.1) is 13.0 Å². The highest BCUT2D eigenvalue weighted by Crippen LogP contribution is 2.73. The van der Waals surface area contributed by atoms with Gasteiger partial charge in [-0.25, -0.2) is 0 Å². The minimum Gasteiger partial charge on any atom is -1.00 e. The average Bonchev–Trinajstić information content (AvgIpc) is 2.95. The molecule has 0 amide bonds. The zero-order valence-electron chi connectivity index (χ0n) is 13.6. The van der Waals surface area contributed by atoms with Crippen molar-refractivity contribution in [1.82, 2.24) is 0 Å². The number of aliphatic hydroxyl groups is 1. The summed E-state index contributed by atoms with van der Waals surface area (Å²) >= 11 is 0. The number of aliphatic hydroxyl groups excluding tert-OH is 1. The smallest absolute Gasteiger partial charge is 0.142 e. The van der Waals surface area contributed by atoms with Gasteiger partial charge in [-0.15, -0.1) is 0 Å². The van der Waals surface area contributed by atoms with Crippen molar-refractivity contribution in [3.05, 3.63) is 35.9 Å². The Labute approximate surface area is 144 Å². The Bertz CT molecular complexity index is 550. The second kappa shape index (κ2) is 6.54. The van der Waals surface area contributed by atoms with Crippen LogP contribution >= 0.6 is 0 Å². The number of ketones is 1. The summed E-state index contributed by atoms with van der Waals surface area (Å²) in [5.41, 5.74) is 0.954. The first kappa shape index (κ1) is 16.9. The van der Waals surface area contributed by atoms with Gasteiger partial charge in [0.1, 0.15) is 17.9 Å². The number of carbonyl (C=O) groups excluding carboxylic acids is 1. The van der Waals surface area contributed by atoms with Crippen LogP contribution in [0.15, 0.2) is 30.3 Å². The molecule has 23 heavy (non-hydrogen) atoms. The Morgan fingerprint density at radius 1 is 1.26 bits per heavy atom. The lowest BCUT2D eigenvalue weighted by atomic mass is 9.92. The highest BCUT2D eigenvalue weighted by molar-refractivity contribution is 5.83. The molecular formula is C19H26ClNO2. The van der Waals surface area contributed by atoms with E-state index in [1.807, 2.05) is 37.3 Å². The third-order valence-electron chi connectivity index (χ3n) is 6.41. The molecule has 4 fully saturated rings. The highest BCUT2D eigenvalue weighted by Gasteiger charge is 2.69. The molecule has 4 saturated carbocycles. The SMILES string of the molecule is CC([NH2+]CCC(=O)C1C2CC3C(C2)C31)C(O)c1ccccc1.[Cl-]. The van der Waals surface area contributed by atoms with Crippen molar-refractivity contribution in [2.24, 2.45) is 29.6 Å². The Kier molecular flexibility index (Phi) is 4.82. The van der Waals surface area contributed by atoms with Gasteiger partial charge in [0.15, 0.2) is 0 Å². The van der Waals surface area contributed by atoms with Crippen LogP contribution in [-0.2, 0) is 4.79 Å². The van der Waals surface area contributed by atoms with Gasteiger partial charge in [-0.2, -0.15) is 0 Å². The number of hydrogen-bond acceptors (Lipinski definition) is 2. The maximum atomic E-state index is 12.5. The minimum atomic E-state index is -0.469. The van der Waals surface area contributed by atoms with E-state index < -0.39 is 6.10 Å². The topological polar surface area (TPSA) is 53.9 Å². The molecule has 1 aromatic carbocycles. The average molecular weight is 336 g/mol. The number of benzene rings is 1. The first-order valence-electron chi connectivity index (χ1n) is 8.76. The Balaban J connectivity index is 0.00000156. The molecule has 3 nitrogen and oxygen atoms in total. The fraction of sp³-hybridized carbons (Fsp3) is 0.632. The first-order valence-corrected chi connectivity index (χ1v) is 8.76. The van der Waals surface area contributed by atoms with Gasteiger partial charge < -0.3 is 22.8 Å². The number of Topliss-reactive ketones (excluding diaryl/α,β-unsaturated/α-hetero) is 1. The first-order chi connectivity index (χ1) is 10.7. The quantitative estimate of drug-likeness (QED) is 0.640. The molecule has 126 valence electrons. The Hall–Kier alpha value is -0.900. The summed E-state index contributed by atoms with van der Waals surface area (Å²) in [6.07, 6.45) is 2.86.